The molecular formula is C16H26N6O9. The summed E-state index contributed by atoms with van der Waals surface area (Å²) in [6.07, 6.45) is -2.38. The molecule has 0 saturated heterocycles. The molecule has 4 unspecified atom stereocenters. The molecule has 0 saturated carbocycles. The van der Waals surface area contributed by atoms with Crippen molar-refractivity contribution in [2.75, 3.05) is 0 Å². The monoisotopic (exact) mass is 446 g/mol. The van der Waals surface area contributed by atoms with Gasteiger partial charge in [-0.1, -0.05) is 0 Å². The molecule has 0 aliphatic heterocycles. The van der Waals surface area contributed by atoms with E-state index in [4.69, 9.17) is 27.4 Å². The van der Waals surface area contributed by atoms with Crippen molar-refractivity contribution in [2.24, 2.45) is 17.2 Å². The maximum atomic E-state index is 12.5. The van der Waals surface area contributed by atoms with Crippen molar-refractivity contribution in [3.63, 3.8) is 0 Å². The van der Waals surface area contributed by atoms with Gasteiger partial charge in [0, 0.05) is 6.42 Å². The molecule has 174 valence electrons. The van der Waals surface area contributed by atoms with Crippen LogP contribution in [0.1, 0.15) is 32.6 Å². The minimum Gasteiger partial charge on any atom is -0.481 e. The molecule has 0 aromatic rings. The van der Waals surface area contributed by atoms with Gasteiger partial charge in [-0.05, 0) is 13.3 Å². The van der Waals surface area contributed by atoms with Crippen LogP contribution in [0, 0.1) is 0 Å². The van der Waals surface area contributed by atoms with Crippen LogP contribution in [-0.2, 0) is 33.6 Å². The third-order valence-corrected chi connectivity index (χ3v) is 3.76. The van der Waals surface area contributed by atoms with Crippen LogP contribution < -0.4 is 33.2 Å². The van der Waals surface area contributed by atoms with Crippen LogP contribution >= 0.6 is 0 Å². The van der Waals surface area contributed by atoms with Crippen molar-refractivity contribution < 1.29 is 43.8 Å². The second kappa shape index (κ2) is 12.7. The quantitative estimate of drug-likeness (QED) is 0.126. The summed E-state index contributed by atoms with van der Waals surface area (Å²) in [5.74, 6) is -7.95. The summed E-state index contributed by atoms with van der Waals surface area (Å²) >= 11 is 0. The molecule has 0 radical (unpaired) electrons. The van der Waals surface area contributed by atoms with Crippen molar-refractivity contribution >= 4 is 41.5 Å². The molecule has 0 bridgehead atoms. The molecule has 5 amide bonds. The Morgan fingerprint density at radius 1 is 0.742 bits per heavy atom. The lowest BCUT2D eigenvalue weighted by atomic mass is 10.1. The summed E-state index contributed by atoms with van der Waals surface area (Å²) in [7, 11) is 0. The minimum atomic E-state index is -1.72. The molecule has 15 nitrogen and oxygen atoms in total. The van der Waals surface area contributed by atoms with Gasteiger partial charge in [-0.2, -0.15) is 0 Å². The van der Waals surface area contributed by atoms with Gasteiger partial charge in [0.1, 0.15) is 18.1 Å². The van der Waals surface area contributed by atoms with Gasteiger partial charge >= 0.3 is 11.9 Å². The fourth-order valence-electron chi connectivity index (χ4n) is 2.19. The summed E-state index contributed by atoms with van der Waals surface area (Å²) in [5.41, 5.74) is 15.3. The van der Waals surface area contributed by atoms with E-state index in [0.29, 0.717) is 0 Å². The van der Waals surface area contributed by atoms with E-state index in [9.17, 15) is 33.6 Å². The van der Waals surface area contributed by atoms with Gasteiger partial charge in [-0.15, -0.1) is 0 Å². The fraction of sp³-hybridized carbons (Fsp3) is 0.562. The van der Waals surface area contributed by atoms with Crippen molar-refractivity contribution in [1.82, 2.24) is 16.0 Å². The summed E-state index contributed by atoms with van der Waals surface area (Å²) in [6, 6.07) is -5.95. The van der Waals surface area contributed by atoms with E-state index in [1.54, 1.807) is 0 Å². The lowest BCUT2D eigenvalue weighted by Gasteiger charge is -2.24. The van der Waals surface area contributed by atoms with Gasteiger partial charge in [-0.25, -0.2) is 4.79 Å². The van der Waals surface area contributed by atoms with Crippen molar-refractivity contribution in [1.29, 1.82) is 0 Å². The molecule has 0 heterocycles. The number of primary amides is 2. The molecular weight excluding hydrogens is 420 g/mol. The van der Waals surface area contributed by atoms with Crippen LogP contribution in [-0.4, -0.2) is 75.9 Å². The lowest BCUT2D eigenvalue weighted by Crippen LogP contribution is -2.57. The number of aliphatic carboxylic acids is 2. The molecule has 15 heteroatoms. The third-order valence-electron chi connectivity index (χ3n) is 3.76. The number of hydrogen-bond donors (Lipinski definition) is 8. The Hall–Kier alpha value is -3.75. The van der Waals surface area contributed by atoms with Crippen LogP contribution in [0.5, 0.6) is 0 Å². The van der Waals surface area contributed by atoms with Gasteiger partial charge in [0.05, 0.1) is 18.9 Å². The predicted octanol–water partition coefficient (Wildman–Crippen LogP) is -4.51. The van der Waals surface area contributed by atoms with Crippen LogP contribution in [0.3, 0.4) is 0 Å². The lowest BCUT2D eigenvalue weighted by molar-refractivity contribution is -0.144. The number of carbonyl (C=O) groups excluding carboxylic acids is 5. The Morgan fingerprint density at radius 2 is 1.23 bits per heavy atom. The van der Waals surface area contributed by atoms with Gasteiger partial charge < -0.3 is 43.4 Å². The van der Waals surface area contributed by atoms with E-state index < -0.39 is 84.9 Å². The fourth-order valence-corrected chi connectivity index (χ4v) is 2.19. The van der Waals surface area contributed by atoms with Crippen molar-refractivity contribution in [2.45, 2.75) is 56.8 Å². The second-order valence-corrected chi connectivity index (χ2v) is 6.58. The van der Waals surface area contributed by atoms with E-state index in [-0.39, 0.29) is 6.42 Å². The Labute approximate surface area is 176 Å². The van der Waals surface area contributed by atoms with E-state index >= 15 is 0 Å². The second-order valence-electron chi connectivity index (χ2n) is 6.58. The summed E-state index contributed by atoms with van der Waals surface area (Å²) in [6.45, 7) is 1.29. The molecule has 0 spiro atoms. The van der Waals surface area contributed by atoms with E-state index in [2.05, 4.69) is 10.6 Å². The number of carbonyl (C=O) groups is 7. The SMILES string of the molecule is CC(N)C(=O)NC(CC(=O)O)C(=O)NC(CCC(N)=O)C(=O)NC(CC(N)=O)C(=O)O. The number of hydrogen-bond acceptors (Lipinski definition) is 8. The highest BCUT2D eigenvalue weighted by Gasteiger charge is 2.31. The Balaban J connectivity index is 5.54. The Morgan fingerprint density at radius 3 is 1.65 bits per heavy atom. The first kappa shape index (κ1) is 27.2. The number of carboxylic acids is 2. The first-order chi connectivity index (χ1) is 14.2. The Bertz CT molecular complexity index is 739. The summed E-state index contributed by atoms with van der Waals surface area (Å²) in [5, 5.41) is 24.3. The van der Waals surface area contributed by atoms with E-state index in [1.807, 2.05) is 5.32 Å². The standard InChI is InChI=1S/C16H26N6O9/c1-6(17)13(27)21-8(5-12(25)26)15(29)20-7(2-3-10(18)23)14(28)22-9(16(30)31)4-11(19)24/h6-9H,2-5,17H2,1H3,(H2,18,23)(H2,19,24)(H,20,29)(H,21,27)(H,22,28)(H,25,26)(H,30,31). The molecule has 4 atom stereocenters. The number of nitrogens with two attached hydrogens (primary N) is 3. The van der Waals surface area contributed by atoms with Crippen LogP contribution in [0.4, 0.5) is 0 Å². The zero-order valence-corrected chi connectivity index (χ0v) is 16.6. The first-order valence-corrected chi connectivity index (χ1v) is 8.92. The first-order valence-electron chi connectivity index (χ1n) is 8.92. The highest BCUT2D eigenvalue weighted by Crippen LogP contribution is 2.03. The van der Waals surface area contributed by atoms with Gasteiger partial charge in [-0.3, -0.25) is 28.8 Å². The number of carboxylic acid groups (broad SMARTS) is 2. The molecule has 0 rings (SSSR count). The molecule has 0 aliphatic rings. The highest BCUT2D eigenvalue weighted by atomic mass is 16.4. The predicted molar refractivity (Wildman–Crippen MR) is 102 cm³/mol. The van der Waals surface area contributed by atoms with E-state index in [1.165, 1.54) is 6.92 Å². The number of amides is 5. The zero-order valence-electron chi connectivity index (χ0n) is 16.6. The van der Waals surface area contributed by atoms with Crippen LogP contribution in [0.2, 0.25) is 0 Å². The smallest absolute Gasteiger partial charge is 0.326 e. The average molecular weight is 446 g/mol. The summed E-state index contributed by atoms with van der Waals surface area (Å²) in [4.78, 5) is 80.9. The molecule has 0 fully saturated rings. The van der Waals surface area contributed by atoms with Gasteiger partial charge in [0.15, 0.2) is 0 Å². The number of rotatable bonds is 14. The molecule has 0 aromatic heterocycles. The van der Waals surface area contributed by atoms with Crippen LogP contribution in [0.15, 0.2) is 0 Å². The average Bonchev–Trinajstić information content (AvgIpc) is 2.62. The summed E-state index contributed by atoms with van der Waals surface area (Å²) < 4.78 is 0. The molecule has 11 N–H and O–H groups in total. The van der Waals surface area contributed by atoms with E-state index in [0.717, 1.165) is 0 Å². The molecule has 31 heavy (non-hydrogen) atoms. The van der Waals surface area contributed by atoms with Gasteiger partial charge in [0.25, 0.3) is 0 Å². The number of nitrogens with one attached hydrogen (secondary N) is 3. The largest absolute Gasteiger partial charge is 0.481 e. The minimum absolute atomic E-state index is 0.378. The normalized spacial score (nSPS) is 14.3. The maximum absolute atomic E-state index is 12.5. The molecule has 0 aliphatic carbocycles. The van der Waals surface area contributed by atoms with Crippen molar-refractivity contribution in [3.8, 4) is 0 Å². The molecule has 0 aromatic carbocycles. The van der Waals surface area contributed by atoms with Crippen LogP contribution in [0.25, 0.3) is 0 Å². The van der Waals surface area contributed by atoms with Crippen molar-refractivity contribution in [3.05, 3.63) is 0 Å². The third kappa shape index (κ3) is 11.1. The van der Waals surface area contributed by atoms with Gasteiger partial charge in [0.2, 0.25) is 29.5 Å². The maximum Gasteiger partial charge on any atom is 0.326 e. The highest BCUT2D eigenvalue weighted by molar-refractivity contribution is 5.96. The zero-order chi connectivity index (χ0) is 24.3. The topological polar surface area (TPSA) is 274 Å². The Kier molecular flexibility index (Phi) is 11.2.